The van der Waals surface area contributed by atoms with Gasteiger partial charge in [0.05, 0.1) is 25.1 Å². The average Bonchev–Trinajstić information content (AvgIpc) is 2.59. The zero-order valence-corrected chi connectivity index (χ0v) is 15.6. The highest BCUT2D eigenvalue weighted by molar-refractivity contribution is 7.92. The molecule has 8 heteroatoms. The van der Waals surface area contributed by atoms with Gasteiger partial charge >= 0.3 is 0 Å². The van der Waals surface area contributed by atoms with E-state index in [2.05, 4.69) is 5.32 Å². The van der Waals surface area contributed by atoms with Gasteiger partial charge in [0.2, 0.25) is 15.9 Å². The van der Waals surface area contributed by atoms with Crippen molar-refractivity contribution in [3.63, 3.8) is 0 Å². The maximum Gasteiger partial charge on any atom is 0.241 e. The molecule has 1 amide bonds. The van der Waals surface area contributed by atoms with Crippen LogP contribution in [0.5, 0.6) is 5.75 Å². The molecule has 1 atom stereocenters. The van der Waals surface area contributed by atoms with Crippen LogP contribution in [0.15, 0.2) is 48.5 Å². The standard InChI is InChI=1S/C18H21FN2O4S/c1-13(14-4-6-15(19)7-5-14)20-18(22)12-21(26(3,23)24)16-8-10-17(25-2)11-9-16/h4-11,13H,12H2,1-3H3,(H,20,22). The van der Waals surface area contributed by atoms with Gasteiger partial charge in [-0.25, -0.2) is 12.8 Å². The summed E-state index contributed by atoms with van der Waals surface area (Å²) >= 11 is 0. The molecule has 0 spiro atoms. The summed E-state index contributed by atoms with van der Waals surface area (Å²) in [7, 11) is -2.15. The fraction of sp³-hybridized carbons (Fsp3) is 0.278. The average molecular weight is 380 g/mol. The number of nitrogens with one attached hydrogen (secondary N) is 1. The molecular formula is C18H21FN2O4S. The van der Waals surface area contributed by atoms with Gasteiger partial charge in [0, 0.05) is 0 Å². The molecular weight excluding hydrogens is 359 g/mol. The number of anilines is 1. The Hall–Kier alpha value is -2.61. The molecule has 0 bridgehead atoms. The van der Waals surface area contributed by atoms with Crippen LogP contribution in [0.3, 0.4) is 0 Å². The van der Waals surface area contributed by atoms with Gasteiger partial charge in [-0.3, -0.25) is 9.10 Å². The van der Waals surface area contributed by atoms with Gasteiger partial charge in [-0.1, -0.05) is 12.1 Å². The van der Waals surface area contributed by atoms with Crippen LogP contribution < -0.4 is 14.4 Å². The zero-order valence-electron chi connectivity index (χ0n) is 14.8. The van der Waals surface area contributed by atoms with Crippen molar-refractivity contribution in [3.8, 4) is 5.75 Å². The van der Waals surface area contributed by atoms with Crippen LogP contribution in [-0.2, 0) is 14.8 Å². The minimum atomic E-state index is -3.66. The van der Waals surface area contributed by atoms with Crippen molar-refractivity contribution in [2.75, 3.05) is 24.2 Å². The number of nitrogens with zero attached hydrogens (tertiary/aromatic N) is 1. The number of methoxy groups -OCH3 is 1. The Labute approximate surface area is 152 Å². The molecule has 1 unspecified atom stereocenters. The van der Waals surface area contributed by atoms with Crippen LogP contribution in [0, 0.1) is 5.82 Å². The molecule has 140 valence electrons. The number of halogens is 1. The SMILES string of the molecule is COc1ccc(N(CC(=O)NC(C)c2ccc(F)cc2)S(C)(=O)=O)cc1. The van der Waals surface area contributed by atoms with Gasteiger partial charge in [0.25, 0.3) is 0 Å². The lowest BCUT2D eigenvalue weighted by Gasteiger charge is -2.23. The van der Waals surface area contributed by atoms with Crippen molar-refractivity contribution < 1.29 is 22.3 Å². The summed E-state index contributed by atoms with van der Waals surface area (Å²) in [5, 5.41) is 2.72. The number of carbonyl (C=O) groups is 1. The first-order valence-corrected chi connectivity index (χ1v) is 9.72. The summed E-state index contributed by atoms with van der Waals surface area (Å²) in [6, 6.07) is 11.7. The molecule has 6 nitrogen and oxygen atoms in total. The Bertz CT molecular complexity index is 852. The van der Waals surface area contributed by atoms with E-state index in [4.69, 9.17) is 4.74 Å². The topological polar surface area (TPSA) is 75.7 Å². The Morgan fingerprint density at radius 3 is 2.23 bits per heavy atom. The van der Waals surface area contributed by atoms with Crippen molar-refractivity contribution in [1.82, 2.24) is 5.32 Å². The zero-order chi connectivity index (χ0) is 19.3. The maximum absolute atomic E-state index is 13.0. The maximum atomic E-state index is 13.0. The number of benzene rings is 2. The van der Waals surface area contributed by atoms with Crippen molar-refractivity contribution in [2.45, 2.75) is 13.0 Å². The van der Waals surface area contributed by atoms with E-state index < -0.39 is 15.9 Å². The lowest BCUT2D eigenvalue weighted by atomic mass is 10.1. The number of amides is 1. The van der Waals surface area contributed by atoms with Crippen LogP contribution in [0.25, 0.3) is 0 Å². The second kappa shape index (κ2) is 8.18. The molecule has 0 saturated heterocycles. The molecule has 0 aromatic heterocycles. The predicted molar refractivity (Wildman–Crippen MR) is 98.1 cm³/mol. The number of hydrogen-bond donors (Lipinski definition) is 1. The second-order valence-electron chi connectivity index (χ2n) is 5.81. The summed E-state index contributed by atoms with van der Waals surface area (Å²) in [4.78, 5) is 12.3. The summed E-state index contributed by atoms with van der Waals surface area (Å²) in [6.07, 6.45) is 1.04. The lowest BCUT2D eigenvalue weighted by molar-refractivity contribution is -0.120. The molecule has 0 fully saturated rings. The molecule has 2 rings (SSSR count). The van der Waals surface area contributed by atoms with Gasteiger partial charge in [0.1, 0.15) is 18.1 Å². The second-order valence-corrected chi connectivity index (χ2v) is 7.72. The molecule has 0 heterocycles. The molecule has 0 radical (unpaired) electrons. The van der Waals surface area contributed by atoms with E-state index in [1.54, 1.807) is 43.3 Å². The fourth-order valence-electron chi connectivity index (χ4n) is 2.40. The number of rotatable bonds is 7. The minimum absolute atomic E-state index is 0.359. The third-order valence-corrected chi connectivity index (χ3v) is 4.94. The molecule has 26 heavy (non-hydrogen) atoms. The molecule has 1 N–H and O–H groups in total. The number of carbonyl (C=O) groups excluding carboxylic acids is 1. The van der Waals surface area contributed by atoms with Gasteiger partial charge < -0.3 is 10.1 Å². The molecule has 2 aromatic carbocycles. The monoisotopic (exact) mass is 380 g/mol. The Kier molecular flexibility index (Phi) is 6.20. The van der Waals surface area contributed by atoms with E-state index in [9.17, 15) is 17.6 Å². The van der Waals surface area contributed by atoms with Crippen molar-refractivity contribution in [1.29, 1.82) is 0 Å². The Morgan fingerprint density at radius 2 is 1.73 bits per heavy atom. The number of sulfonamides is 1. The summed E-state index contributed by atoms with van der Waals surface area (Å²) in [5.41, 5.74) is 1.08. The highest BCUT2D eigenvalue weighted by atomic mass is 32.2. The molecule has 2 aromatic rings. The molecule has 0 aliphatic rings. The van der Waals surface area contributed by atoms with E-state index in [1.165, 1.54) is 19.2 Å². The van der Waals surface area contributed by atoms with Gasteiger partial charge in [-0.05, 0) is 48.9 Å². The first-order chi connectivity index (χ1) is 12.2. The first-order valence-electron chi connectivity index (χ1n) is 7.87. The third-order valence-electron chi connectivity index (χ3n) is 3.80. The van der Waals surface area contributed by atoms with Crippen molar-refractivity contribution >= 4 is 21.6 Å². The van der Waals surface area contributed by atoms with Crippen LogP contribution in [0.1, 0.15) is 18.5 Å². The van der Waals surface area contributed by atoms with Crippen LogP contribution in [0.4, 0.5) is 10.1 Å². The van der Waals surface area contributed by atoms with Crippen LogP contribution >= 0.6 is 0 Å². The number of hydrogen-bond acceptors (Lipinski definition) is 4. The fourth-order valence-corrected chi connectivity index (χ4v) is 3.26. The van der Waals surface area contributed by atoms with Gasteiger partial charge in [-0.15, -0.1) is 0 Å². The number of ether oxygens (including phenoxy) is 1. The highest BCUT2D eigenvalue weighted by Gasteiger charge is 2.22. The first kappa shape index (κ1) is 19.7. The summed E-state index contributed by atoms with van der Waals surface area (Å²) in [5.74, 6) is -0.255. The predicted octanol–water partition coefficient (Wildman–Crippen LogP) is 2.48. The van der Waals surface area contributed by atoms with E-state index in [0.29, 0.717) is 11.4 Å². The van der Waals surface area contributed by atoms with Gasteiger partial charge in [-0.2, -0.15) is 0 Å². The van der Waals surface area contributed by atoms with Crippen molar-refractivity contribution in [2.24, 2.45) is 0 Å². The Morgan fingerprint density at radius 1 is 1.15 bits per heavy atom. The molecule has 0 aliphatic carbocycles. The summed E-state index contributed by atoms with van der Waals surface area (Å²) in [6.45, 7) is 1.38. The largest absolute Gasteiger partial charge is 0.497 e. The smallest absolute Gasteiger partial charge is 0.241 e. The normalized spacial score (nSPS) is 12.3. The van der Waals surface area contributed by atoms with E-state index in [0.717, 1.165) is 16.1 Å². The van der Waals surface area contributed by atoms with E-state index in [-0.39, 0.29) is 18.4 Å². The molecule has 0 saturated carbocycles. The van der Waals surface area contributed by atoms with Gasteiger partial charge in [0.15, 0.2) is 0 Å². The van der Waals surface area contributed by atoms with E-state index >= 15 is 0 Å². The van der Waals surface area contributed by atoms with E-state index in [1.807, 2.05) is 0 Å². The quantitative estimate of drug-likeness (QED) is 0.801. The lowest BCUT2D eigenvalue weighted by Crippen LogP contribution is -2.41. The Balaban J connectivity index is 2.12. The van der Waals surface area contributed by atoms with Crippen LogP contribution in [0.2, 0.25) is 0 Å². The summed E-state index contributed by atoms with van der Waals surface area (Å²) < 4.78 is 43.2. The van der Waals surface area contributed by atoms with Crippen LogP contribution in [-0.4, -0.2) is 34.2 Å². The highest BCUT2D eigenvalue weighted by Crippen LogP contribution is 2.21. The third kappa shape index (κ3) is 5.19. The van der Waals surface area contributed by atoms with Crippen molar-refractivity contribution in [3.05, 3.63) is 59.9 Å². The molecule has 0 aliphatic heterocycles. The minimum Gasteiger partial charge on any atom is -0.497 e.